The largest absolute Gasteiger partial charge is 0.494 e. The van der Waals surface area contributed by atoms with E-state index in [9.17, 15) is 4.79 Å². The fourth-order valence-electron chi connectivity index (χ4n) is 3.32. The molecular weight excluding hydrogens is 424 g/mol. The maximum absolute atomic E-state index is 13.0. The van der Waals surface area contributed by atoms with Gasteiger partial charge in [-0.1, -0.05) is 37.2 Å². The number of ether oxygens (including phenoxy) is 3. The molecule has 0 atom stereocenters. The van der Waals surface area contributed by atoms with Crippen molar-refractivity contribution in [3.05, 3.63) is 52.8 Å². The van der Waals surface area contributed by atoms with Crippen LogP contribution in [-0.2, 0) is 11.3 Å². The van der Waals surface area contributed by atoms with E-state index in [-0.39, 0.29) is 5.91 Å². The lowest BCUT2D eigenvalue weighted by Gasteiger charge is -2.07. The summed E-state index contributed by atoms with van der Waals surface area (Å²) in [5, 5.41) is 0. The Bertz CT molecular complexity index is 1090. The number of amides is 1. The summed E-state index contributed by atoms with van der Waals surface area (Å²) in [6.45, 7) is 9.17. The Morgan fingerprint density at radius 2 is 1.81 bits per heavy atom. The first-order valence-corrected chi connectivity index (χ1v) is 12.1. The quantitative estimate of drug-likeness (QED) is 0.340. The third kappa shape index (κ3) is 6.43. The zero-order valence-electron chi connectivity index (χ0n) is 19.1. The van der Waals surface area contributed by atoms with Crippen molar-refractivity contribution in [2.75, 3.05) is 26.4 Å². The van der Waals surface area contributed by atoms with Gasteiger partial charge in [0.1, 0.15) is 11.5 Å². The summed E-state index contributed by atoms with van der Waals surface area (Å²) < 4.78 is 20.0. The van der Waals surface area contributed by atoms with Gasteiger partial charge in [0.15, 0.2) is 4.80 Å². The molecule has 0 N–H and O–H groups in total. The SMILES string of the molecule is CCCCCOc1cccc(C(=O)N=c2sc3cc(OCC)ccc3n2CCOCC)c1. The van der Waals surface area contributed by atoms with Gasteiger partial charge in [0.05, 0.1) is 30.0 Å². The predicted molar refractivity (Wildman–Crippen MR) is 129 cm³/mol. The number of aromatic nitrogens is 1. The number of benzene rings is 2. The van der Waals surface area contributed by atoms with Crippen LogP contribution in [0.2, 0.25) is 0 Å². The molecule has 0 aliphatic carbocycles. The minimum atomic E-state index is -0.286. The van der Waals surface area contributed by atoms with Crippen LogP contribution in [0.1, 0.15) is 50.4 Å². The molecule has 0 aliphatic rings. The van der Waals surface area contributed by atoms with Gasteiger partial charge < -0.3 is 18.8 Å². The fraction of sp³-hybridized carbons (Fsp3) is 0.440. The van der Waals surface area contributed by atoms with Gasteiger partial charge >= 0.3 is 0 Å². The zero-order valence-corrected chi connectivity index (χ0v) is 20.0. The maximum Gasteiger partial charge on any atom is 0.279 e. The van der Waals surface area contributed by atoms with E-state index in [1.807, 2.05) is 48.7 Å². The number of hydrogen-bond acceptors (Lipinski definition) is 5. The highest BCUT2D eigenvalue weighted by Gasteiger charge is 2.11. The Balaban J connectivity index is 1.90. The summed E-state index contributed by atoms with van der Waals surface area (Å²) in [5.74, 6) is 1.22. The van der Waals surface area contributed by atoms with Crippen LogP contribution in [0, 0.1) is 0 Å². The van der Waals surface area contributed by atoms with Crippen molar-refractivity contribution in [3.63, 3.8) is 0 Å². The minimum absolute atomic E-state index is 0.286. The number of nitrogens with zero attached hydrogens (tertiary/aromatic N) is 2. The van der Waals surface area contributed by atoms with Crippen molar-refractivity contribution >= 4 is 27.5 Å². The van der Waals surface area contributed by atoms with Gasteiger partial charge in [0.2, 0.25) is 0 Å². The van der Waals surface area contributed by atoms with Crippen molar-refractivity contribution in [3.8, 4) is 11.5 Å². The van der Waals surface area contributed by atoms with Gasteiger partial charge in [0.25, 0.3) is 5.91 Å². The Morgan fingerprint density at radius 3 is 2.59 bits per heavy atom. The van der Waals surface area contributed by atoms with Crippen molar-refractivity contribution in [2.45, 2.75) is 46.6 Å². The fourth-order valence-corrected chi connectivity index (χ4v) is 4.41. The standard InChI is InChI=1S/C25H32N2O4S/c1-4-7-8-15-31-20-11-9-10-19(17-20)24(28)26-25-27(14-16-29-5-2)22-13-12-21(30-6-3)18-23(22)32-25/h9-13,17-18H,4-8,14-16H2,1-3H3. The molecule has 0 fully saturated rings. The molecule has 0 spiro atoms. The predicted octanol–water partition coefficient (Wildman–Crippen LogP) is 5.45. The van der Waals surface area contributed by atoms with Crippen LogP contribution in [0.5, 0.6) is 11.5 Å². The molecule has 0 saturated heterocycles. The number of hydrogen-bond donors (Lipinski definition) is 0. The molecular formula is C25H32N2O4S. The second-order valence-electron chi connectivity index (χ2n) is 7.30. The van der Waals surface area contributed by atoms with Crippen molar-refractivity contribution in [1.29, 1.82) is 0 Å². The van der Waals surface area contributed by atoms with E-state index in [0.29, 0.717) is 49.1 Å². The van der Waals surface area contributed by atoms with Crippen LogP contribution in [0.25, 0.3) is 10.2 Å². The van der Waals surface area contributed by atoms with Gasteiger partial charge in [-0.15, -0.1) is 0 Å². The summed E-state index contributed by atoms with van der Waals surface area (Å²) in [5.41, 5.74) is 1.53. The summed E-state index contributed by atoms with van der Waals surface area (Å²) in [6, 6.07) is 13.2. The first-order valence-electron chi connectivity index (χ1n) is 11.3. The third-order valence-electron chi connectivity index (χ3n) is 4.92. The molecule has 1 aromatic heterocycles. The zero-order chi connectivity index (χ0) is 22.8. The number of unbranched alkanes of at least 4 members (excludes halogenated alkanes) is 2. The number of rotatable bonds is 12. The Kier molecular flexibility index (Phi) is 9.31. The monoisotopic (exact) mass is 456 g/mol. The van der Waals surface area contributed by atoms with Crippen LogP contribution in [-0.4, -0.2) is 36.9 Å². The van der Waals surface area contributed by atoms with Gasteiger partial charge in [-0.2, -0.15) is 4.99 Å². The Morgan fingerprint density at radius 1 is 0.969 bits per heavy atom. The smallest absolute Gasteiger partial charge is 0.279 e. The number of carbonyl (C=O) groups excluding carboxylic acids is 1. The van der Waals surface area contributed by atoms with E-state index in [4.69, 9.17) is 14.2 Å². The Labute approximate surface area is 193 Å². The lowest BCUT2D eigenvalue weighted by Crippen LogP contribution is -2.19. The summed E-state index contributed by atoms with van der Waals surface area (Å²) >= 11 is 1.48. The van der Waals surface area contributed by atoms with Crippen molar-refractivity contribution in [2.24, 2.45) is 4.99 Å². The molecule has 2 aromatic carbocycles. The van der Waals surface area contributed by atoms with Crippen LogP contribution in [0.15, 0.2) is 47.5 Å². The number of carbonyl (C=O) groups is 1. The van der Waals surface area contributed by atoms with Gasteiger partial charge in [0, 0.05) is 18.7 Å². The molecule has 0 saturated carbocycles. The highest BCUT2D eigenvalue weighted by atomic mass is 32.1. The molecule has 0 bridgehead atoms. The summed E-state index contributed by atoms with van der Waals surface area (Å²) in [4.78, 5) is 18.1. The highest BCUT2D eigenvalue weighted by molar-refractivity contribution is 7.16. The first-order chi connectivity index (χ1) is 15.7. The molecule has 172 valence electrons. The van der Waals surface area contributed by atoms with Crippen LogP contribution >= 0.6 is 11.3 Å². The van der Waals surface area contributed by atoms with E-state index in [1.165, 1.54) is 11.3 Å². The van der Waals surface area contributed by atoms with Crippen molar-refractivity contribution in [1.82, 2.24) is 4.57 Å². The van der Waals surface area contributed by atoms with Gasteiger partial charge in [-0.25, -0.2) is 0 Å². The minimum Gasteiger partial charge on any atom is -0.494 e. The molecule has 0 radical (unpaired) electrons. The topological polar surface area (TPSA) is 62.0 Å². The number of fused-ring (bicyclic) bond motifs is 1. The van der Waals surface area contributed by atoms with Gasteiger partial charge in [-0.3, -0.25) is 4.79 Å². The highest BCUT2D eigenvalue weighted by Crippen LogP contribution is 2.24. The second-order valence-corrected chi connectivity index (χ2v) is 8.31. The Hall–Kier alpha value is -2.64. The maximum atomic E-state index is 13.0. The average molecular weight is 457 g/mol. The van der Waals surface area contributed by atoms with Crippen molar-refractivity contribution < 1.29 is 19.0 Å². The van der Waals surface area contributed by atoms with E-state index >= 15 is 0 Å². The molecule has 1 amide bonds. The van der Waals surface area contributed by atoms with Crippen LogP contribution in [0.3, 0.4) is 0 Å². The lowest BCUT2D eigenvalue weighted by molar-refractivity contribution is 0.0996. The third-order valence-corrected chi connectivity index (χ3v) is 5.96. The molecule has 3 aromatic rings. The van der Waals surface area contributed by atoms with Crippen LogP contribution < -0.4 is 14.3 Å². The van der Waals surface area contributed by atoms with E-state index in [2.05, 4.69) is 11.9 Å². The molecule has 7 heteroatoms. The average Bonchev–Trinajstić information content (AvgIpc) is 3.13. The summed E-state index contributed by atoms with van der Waals surface area (Å²) in [6.07, 6.45) is 3.28. The molecule has 6 nitrogen and oxygen atoms in total. The number of thiazole rings is 1. The van der Waals surface area contributed by atoms with E-state index < -0.39 is 0 Å². The summed E-state index contributed by atoms with van der Waals surface area (Å²) in [7, 11) is 0. The normalized spacial score (nSPS) is 11.8. The molecule has 1 heterocycles. The second kappa shape index (κ2) is 12.4. The van der Waals surface area contributed by atoms with E-state index in [1.54, 1.807) is 12.1 Å². The molecule has 0 unspecified atom stereocenters. The molecule has 3 rings (SSSR count). The first kappa shape index (κ1) is 24.0. The van der Waals surface area contributed by atoms with E-state index in [0.717, 1.165) is 35.2 Å². The van der Waals surface area contributed by atoms with Crippen LogP contribution in [0.4, 0.5) is 0 Å². The van der Waals surface area contributed by atoms with Gasteiger partial charge in [-0.05, 0) is 56.7 Å². The molecule has 32 heavy (non-hydrogen) atoms. The lowest BCUT2D eigenvalue weighted by atomic mass is 10.2. The molecule has 0 aliphatic heterocycles.